The van der Waals surface area contributed by atoms with Crippen molar-refractivity contribution in [1.82, 2.24) is 5.32 Å². The number of hydrogen-bond acceptors (Lipinski definition) is 3. The number of phenolic OH excluding ortho intramolecular Hbond substituents is 1. The van der Waals surface area contributed by atoms with E-state index >= 15 is 0 Å². The summed E-state index contributed by atoms with van der Waals surface area (Å²) in [5.41, 5.74) is 2.62. The highest BCUT2D eigenvalue weighted by Gasteiger charge is 2.31. The molecule has 0 aromatic heterocycles. The maximum absolute atomic E-state index is 12.4. The van der Waals surface area contributed by atoms with E-state index in [1.165, 1.54) is 0 Å². The molecule has 5 nitrogen and oxygen atoms in total. The highest BCUT2D eigenvalue weighted by Crippen LogP contribution is 2.28. The van der Waals surface area contributed by atoms with E-state index in [1.54, 1.807) is 18.0 Å². The second-order valence-electron chi connectivity index (χ2n) is 6.33. The molecule has 0 saturated heterocycles. The minimum atomic E-state index is -0.186. The number of carbonyl (C=O) groups is 1. The summed E-state index contributed by atoms with van der Waals surface area (Å²) in [6.45, 7) is 0.317. The van der Waals surface area contributed by atoms with Crippen LogP contribution in [0, 0.1) is 0 Å². The first kappa shape index (κ1) is 17.2. The zero-order chi connectivity index (χ0) is 19.0. The first-order valence-corrected chi connectivity index (χ1v) is 8.90. The van der Waals surface area contributed by atoms with Crippen molar-refractivity contribution in [2.75, 3.05) is 11.9 Å². The first-order valence-electron chi connectivity index (χ1n) is 8.49. The molecule has 134 valence electrons. The topological polar surface area (TPSA) is 64.9 Å². The number of hydrogen-bond donors (Lipinski definition) is 2. The number of thiocarbonyl (C=S) groups is 1. The number of carbonyl (C=O) groups excluding carboxylic acids is 1. The van der Waals surface area contributed by atoms with Gasteiger partial charge in [0.05, 0.1) is 5.69 Å². The van der Waals surface area contributed by atoms with Gasteiger partial charge in [-0.1, -0.05) is 42.5 Å². The Bertz CT molecular complexity index is 1110. The number of nitrogens with zero attached hydrogens (tertiary/aromatic N) is 2. The van der Waals surface area contributed by atoms with Gasteiger partial charge in [0.1, 0.15) is 11.5 Å². The molecule has 0 saturated carbocycles. The number of anilines is 1. The van der Waals surface area contributed by atoms with Crippen molar-refractivity contribution in [1.29, 1.82) is 0 Å². The number of rotatable bonds is 2. The standard InChI is InChI=1S/C21H17N3O2S/c1-24-17-9-5-4-8-16(17)19(20(24)26)23-21(27)22-12-15-10-13-6-2-3-7-14(13)11-18(15)25/h2-11,25H,12H2,1H3,(H,22,27)/b23-19-. The average molecular weight is 375 g/mol. The smallest absolute Gasteiger partial charge is 0.277 e. The fourth-order valence-electron chi connectivity index (χ4n) is 3.19. The van der Waals surface area contributed by atoms with Crippen LogP contribution < -0.4 is 10.2 Å². The number of aromatic hydroxyl groups is 1. The van der Waals surface area contributed by atoms with Crippen molar-refractivity contribution < 1.29 is 9.90 Å². The summed E-state index contributed by atoms with van der Waals surface area (Å²) in [4.78, 5) is 18.3. The van der Waals surface area contributed by atoms with Gasteiger partial charge < -0.3 is 15.3 Å². The maximum Gasteiger partial charge on any atom is 0.277 e. The van der Waals surface area contributed by atoms with Gasteiger partial charge >= 0.3 is 0 Å². The summed E-state index contributed by atoms with van der Waals surface area (Å²) < 4.78 is 0. The molecule has 1 aliphatic rings. The summed E-state index contributed by atoms with van der Waals surface area (Å²) in [7, 11) is 1.72. The monoisotopic (exact) mass is 375 g/mol. The number of para-hydroxylation sites is 1. The Balaban J connectivity index is 1.55. The predicted octanol–water partition coefficient (Wildman–Crippen LogP) is 3.39. The molecule has 0 spiro atoms. The van der Waals surface area contributed by atoms with Crippen LogP contribution in [0.1, 0.15) is 11.1 Å². The summed E-state index contributed by atoms with van der Waals surface area (Å²) in [5.74, 6) is 0.00702. The van der Waals surface area contributed by atoms with Gasteiger partial charge in [0.2, 0.25) is 0 Å². The van der Waals surface area contributed by atoms with Crippen molar-refractivity contribution in [2.24, 2.45) is 4.99 Å². The van der Waals surface area contributed by atoms with E-state index < -0.39 is 0 Å². The van der Waals surface area contributed by atoms with Gasteiger partial charge in [0.15, 0.2) is 5.11 Å². The van der Waals surface area contributed by atoms with Crippen LogP contribution in [0.2, 0.25) is 0 Å². The lowest BCUT2D eigenvalue weighted by molar-refractivity contribution is -0.111. The number of nitrogens with one attached hydrogen (secondary N) is 1. The molecule has 0 bridgehead atoms. The molecule has 0 atom stereocenters. The lowest BCUT2D eigenvalue weighted by Gasteiger charge is -2.09. The lowest BCUT2D eigenvalue weighted by Crippen LogP contribution is -2.28. The summed E-state index contributed by atoms with van der Waals surface area (Å²) in [6.07, 6.45) is 0. The third-order valence-corrected chi connectivity index (χ3v) is 4.85. The van der Waals surface area contributed by atoms with Crippen molar-refractivity contribution in [3.8, 4) is 5.75 Å². The van der Waals surface area contributed by atoms with Crippen LogP contribution >= 0.6 is 12.2 Å². The van der Waals surface area contributed by atoms with E-state index in [0.29, 0.717) is 17.8 Å². The van der Waals surface area contributed by atoms with Crippen LogP contribution in [0.25, 0.3) is 10.8 Å². The molecule has 2 N–H and O–H groups in total. The molecular formula is C21H17N3O2S. The van der Waals surface area contributed by atoms with E-state index in [9.17, 15) is 9.90 Å². The SMILES string of the molecule is CN1C(=O)/C(=N\C(=S)NCc2cc3ccccc3cc2O)c2ccccc21. The van der Waals surface area contributed by atoms with Crippen molar-refractivity contribution in [2.45, 2.75) is 6.54 Å². The summed E-state index contributed by atoms with van der Waals surface area (Å²) in [6, 6.07) is 18.9. The zero-order valence-electron chi connectivity index (χ0n) is 14.6. The largest absolute Gasteiger partial charge is 0.508 e. The van der Waals surface area contributed by atoms with Crippen molar-refractivity contribution >= 4 is 45.4 Å². The second-order valence-corrected chi connectivity index (χ2v) is 6.72. The molecule has 1 amide bonds. The van der Waals surface area contributed by atoms with E-state index in [4.69, 9.17) is 12.2 Å². The van der Waals surface area contributed by atoms with Crippen LogP contribution in [0.3, 0.4) is 0 Å². The number of fused-ring (bicyclic) bond motifs is 2. The third-order valence-electron chi connectivity index (χ3n) is 4.62. The van der Waals surface area contributed by atoms with Gasteiger partial charge in [-0.3, -0.25) is 4.79 Å². The molecule has 1 aliphatic heterocycles. The molecule has 3 aromatic rings. The number of aliphatic imine (C=N–C) groups is 1. The molecule has 4 rings (SSSR count). The van der Waals surface area contributed by atoms with Gasteiger partial charge in [0.25, 0.3) is 5.91 Å². The van der Waals surface area contributed by atoms with E-state index in [2.05, 4.69) is 10.3 Å². The quantitative estimate of drug-likeness (QED) is 0.674. The Morgan fingerprint density at radius 3 is 2.56 bits per heavy atom. The molecular weight excluding hydrogens is 358 g/mol. The Morgan fingerprint density at radius 2 is 1.78 bits per heavy atom. The normalized spacial score (nSPS) is 14.6. The average Bonchev–Trinajstić information content (AvgIpc) is 2.91. The Labute approximate surface area is 162 Å². The van der Waals surface area contributed by atoms with Crippen LogP contribution in [-0.4, -0.2) is 28.9 Å². The Kier molecular flexibility index (Phi) is 4.33. The molecule has 27 heavy (non-hydrogen) atoms. The number of phenols is 1. The first-order chi connectivity index (χ1) is 13.0. The lowest BCUT2D eigenvalue weighted by atomic mass is 10.1. The summed E-state index contributed by atoms with van der Waals surface area (Å²) >= 11 is 5.30. The molecule has 6 heteroatoms. The van der Waals surface area contributed by atoms with E-state index in [1.807, 2.05) is 54.6 Å². The van der Waals surface area contributed by atoms with E-state index in [-0.39, 0.29) is 16.8 Å². The minimum Gasteiger partial charge on any atom is -0.508 e. The van der Waals surface area contributed by atoms with Gasteiger partial charge in [-0.25, -0.2) is 4.99 Å². The molecule has 3 aromatic carbocycles. The summed E-state index contributed by atoms with van der Waals surface area (Å²) in [5, 5.41) is 15.5. The van der Waals surface area contributed by atoms with Gasteiger partial charge in [-0.15, -0.1) is 0 Å². The molecule has 0 fully saturated rings. The van der Waals surface area contributed by atoms with Gasteiger partial charge in [0, 0.05) is 24.7 Å². The highest BCUT2D eigenvalue weighted by atomic mass is 32.1. The van der Waals surface area contributed by atoms with Crippen LogP contribution in [0.5, 0.6) is 5.75 Å². The van der Waals surface area contributed by atoms with Gasteiger partial charge in [-0.2, -0.15) is 0 Å². The zero-order valence-corrected chi connectivity index (χ0v) is 15.5. The van der Waals surface area contributed by atoms with E-state index in [0.717, 1.165) is 22.0 Å². The Morgan fingerprint density at radius 1 is 1.11 bits per heavy atom. The predicted molar refractivity (Wildman–Crippen MR) is 111 cm³/mol. The highest BCUT2D eigenvalue weighted by molar-refractivity contribution is 7.80. The fourth-order valence-corrected chi connectivity index (χ4v) is 3.35. The van der Waals surface area contributed by atoms with Gasteiger partial charge in [-0.05, 0) is 41.2 Å². The Hall–Kier alpha value is -3.25. The minimum absolute atomic E-state index is 0.186. The molecule has 0 unspecified atom stereocenters. The molecule has 0 radical (unpaired) electrons. The van der Waals surface area contributed by atoms with Crippen molar-refractivity contribution in [3.05, 3.63) is 71.8 Å². The number of likely N-dealkylation sites (N-methyl/N-ethyl adjacent to an activating group) is 1. The fraction of sp³-hybridized carbons (Fsp3) is 0.0952. The van der Waals surface area contributed by atoms with Crippen molar-refractivity contribution in [3.63, 3.8) is 0 Å². The number of amides is 1. The molecule has 1 heterocycles. The molecule has 0 aliphatic carbocycles. The van der Waals surface area contributed by atoms with Crippen LogP contribution in [0.4, 0.5) is 5.69 Å². The third kappa shape index (κ3) is 3.15. The van der Waals surface area contributed by atoms with Crippen LogP contribution in [0.15, 0.2) is 65.7 Å². The van der Waals surface area contributed by atoms with Crippen LogP contribution in [-0.2, 0) is 11.3 Å². The second kappa shape index (κ2) is 6.81. The number of benzene rings is 3. The maximum atomic E-state index is 12.4.